The van der Waals surface area contributed by atoms with Crippen LogP contribution in [0.3, 0.4) is 0 Å². The molecule has 0 saturated carbocycles. The molecule has 0 aliphatic carbocycles. The molecular formula is C8H15F2N3O2. The number of likely N-dealkylation sites (tertiary alicyclic amines) is 1. The Kier molecular flexibility index (Phi) is 5.13. The quantitative estimate of drug-likeness (QED) is 0.442. The van der Waals surface area contributed by atoms with Gasteiger partial charge < -0.3 is 10.8 Å². The minimum absolute atomic E-state index is 0.0266. The van der Waals surface area contributed by atoms with Gasteiger partial charge in [0.15, 0.2) is 0 Å². The van der Waals surface area contributed by atoms with Crippen LogP contribution in [0.4, 0.5) is 8.78 Å². The van der Waals surface area contributed by atoms with Gasteiger partial charge in [0.25, 0.3) is 5.92 Å². The number of halogens is 2. The van der Waals surface area contributed by atoms with Gasteiger partial charge in [0.1, 0.15) is 6.04 Å². The van der Waals surface area contributed by atoms with Gasteiger partial charge in [-0.15, -0.1) is 0 Å². The monoisotopic (exact) mass is 223 g/mol. The molecular weight excluding hydrogens is 208 g/mol. The summed E-state index contributed by atoms with van der Waals surface area (Å²) in [6.07, 6.45) is 0.452. The first kappa shape index (κ1) is 13.8. The number of carboxylic acid groups (broad SMARTS) is 1. The molecule has 0 bridgehead atoms. The van der Waals surface area contributed by atoms with Gasteiger partial charge in [0, 0.05) is 6.42 Å². The maximum Gasteiger partial charge on any atom is 0.320 e. The smallest absolute Gasteiger partial charge is 0.320 e. The van der Waals surface area contributed by atoms with E-state index in [0.29, 0.717) is 0 Å². The number of piperidine rings is 1. The maximum atomic E-state index is 12.7. The van der Waals surface area contributed by atoms with E-state index in [1.807, 2.05) is 0 Å². The van der Waals surface area contributed by atoms with Crippen LogP contribution >= 0.6 is 0 Å². The molecule has 1 saturated heterocycles. The number of nitrogens with zero attached hydrogens (tertiary/aromatic N) is 1. The van der Waals surface area contributed by atoms with Crippen LogP contribution in [0.15, 0.2) is 0 Å². The number of carbonyl (C=O) groups is 1. The van der Waals surface area contributed by atoms with Crippen molar-refractivity contribution in [1.82, 2.24) is 4.90 Å². The van der Waals surface area contributed by atoms with Crippen molar-refractivity contribution in [2.75, 3.05) is 13.6 Å². The largest absolute Gasteiger partial charge is 0.480 e. The first-order valence-electron chi connectivity index (χ1n) is 4.35. The van der Waals surface area contributed by atoms with Crippen LogP contribution in [-0.4, -0.2) is 47.9 Å². The molecule has 15 heavy (non-hydrogen) atoms. The van der Waals surface area contributed by atoms with Gasteiger partial charge in [0.2, 0.25) is 0 Å². The molecule has 1 unspecified atom stereocenters. The minimum atomic E-state index is -2.72. The third-order valence-electron chi connectivity index (χ3n) is 2.08. The van der Waals surface area contributed by atoms with E-state index in [2.05, 4.69) is 5.73 Å². The summed E-state index contributed by atoms with van der Waals surface area (Å²) in [7, 11) is 1.41. The van der Waals surface area contributed by atoms with Crippen molar-refractivity contribution in [1.29, 1.82) is 5.41 Å². The Morgan fingerprint density at radius 3 is 2.53 bits per heavy atom. The van der Waals surface area contributed by atoms with Gasteiger partial charge in [-0.1, -0.05) is 0 Å². The van der Waals surface area contributed by atoms with E-state index in [0.717, 1.165) is 6.34 Å². The predicted octanol–water partition coefficient (Wildman–Crippen LogP) is 0.353. The van der Waals surface area contributed by atoms with E-state index < -0.39 is 24.5 Å². The van der Waals surface area contributed by atoms with Gasteiger partial charge in [-0.05, 0) is 13.5 Å². The lowest BCUT2D eigenvalue weighted by molar-refractivity contribution is -0.150. The van der Waals surface area contributed by atoms with Gasteiger partial charge in [-0.25, -0.2) is 8.78 Å². The average molecular weight is 223 g/mol. The van der Waals surface area contributed by atoms with Gasteiger partial charge in [-0.2, -0.15) is 0 Å². The fourth-order valence-electron chi connectivity index (χ4n) is 1.43. The number of aliphatic carboxylic acids is 1. The Balaban J connectivity index is 0.000000583. The molecule has 1 aliphatic heterocycles. The van der Waals surface area contributed by atoms with E-state index in [9.17, 15) is 13.6 Å². The van der Waals surface area contributed by atoms with Crippen molar-refractivity contribution >= 4 is 12.3 Å². The summed E-state index contributed by atoms with van der Waals surface area (Å²) in [5, 5.41) is 14.5. The second-order valence-corrected chi connectivity index (χ2v) is 3.33. The summed E-state index contributed by atoms with van der Waals surface area (Å²) in [5.74, 6) is -3.74. The molecule has 0 amide bonds. The molecule has 0 aromatic rings. The number of rotatable bonds is 1. The highest BCUT2D eigenvalue weighted by Gasteiger charge is 2.40. The summed E-state index contributed by atoms with van der Waals surface area (Å²) in [6, 6.07) is -0.746. The van der Waals surface area contributed by atoms with Crippen molar-refractivity contribution in [3.63, 3.8) is 0 Å². The SMILES string of the molecule is CN1CC(F)(F)CCC1C(=O)O.N=CN. The number of nitrogens with one attached hydrogen (secondary N) is 1. The highest BCUT2D eigenvalue weighted by molar-refractivity contribution is 5.73. The molecule has 1 rings (SSSR count). The van der Waals surface area contributed by atoms with E-state index in [1.54, 1.807) is 0 Å². The third kappa shape index (κ3) is 4.68. The summed E-state index contributed by atoms with van der Waals surface area (Å²) >= 11 is 0. The first-order chi connectivity index (χ1) is 6.84. The summed E-state index contributed by atoms with van der Waals surface area (Å²) in [4.78, 5) is 11.7. The van der Waals surface area contributed by atoms with Gasteiger partial charge in [-0.3, -0.25) is 15.1 Å². The lowest BCUT2D eigenvalue weighted by atomic mass is 10.0. The highest BCUT2D eigenvalue weighted by atomic mass is 19.3. The van der Waals surface area contributed by atoms with Crippen molar-refractivity contribution < 1.29 is 18.7 Å². The molecule has 0 aromatic carbocycles. The van der Waals surface area contributed by atoms with Crippen LogP contribution in [0.1, 0.15) is 12.8 Å². The highest BCUT2D eigenvalue weighted by Crippen LogP contribution is 2.28. The topological polar surface area (TPSA) is 90.4 Å². The normalized spacial score (nSPS) is 24.9. The van der Waals surface area contributed by atoms with Crippen LogP contribution in [0.25, 0.3) is 0 Å². The van der Waals surface area contributed by atoms with Gasteiger partial charge >= 0.3 is 5.97 Å². The summed E-state index contributed by atoms with van der Waals surface area (Å²) in [6.45, 7) is -0.454. The average Bonchev–Trinajstić information content (AvgIpc) is 2.02. The molecule has 88 valence electrons. The molecule has 0 radical (unpaired) electrons. The Bertz CT molecular complexity index is 236. The predicted molar refractivity (Wildman–Crippen MR) is 51.2 cm³/mol. The van der Waals surface area contributed by atoms with Crippen LogP contribution < -0.4 is 5.73 Å². The first-order valence-corrected chi connectivity index (χ1v) is 4.35. The second kappa shape index (κ2) is 5.59. The Morgan fingerprint density at radius 2 is 2.20 bits per heavy atom. The molecule has 1 aliphatic rings. The zero-order valence-corrected chi connectivity index (χ0v) is 8.41. The van der Waals surface area contributed by atoms with Crippen molar-refractivity contribution in [2.24, 2.45) is 5.73 Å². The van der Waals surface area contributed by atoms with E-state index in [1.165, 1.54) is 11.9 Å². The van der Waals surface area contributed by atoms with Crippen LogP contribution in [0, 0.1) is 5.41 Å². The fourth-order valence-corrected chi connectivity index (χ4v) is 1.43. The van der Waals surface area contributed by atoms with E-state index >= 15 is 0 Å². The number of carboxylic acids is 1. The molecule has 1 fully saturated rings. The molecule has 7 heteroatoms. The van der Waals surface area contributed by atoms with Crippen LogP contribution in [0.2, 0.25) is 0 Å². The molecule has 1 atom stereocenters. The number of likely N-dealkylation sites (N-methyl/N-ethyl adjacent to an activating group) is 1. The zero-order valence-electron chi connectivity index (χ0n) is 8.41. The van der Waals surface area contributed by atoms with Crippen molar-refractivity contribution in [3.8, 4) is 0 Å². The number of hydrogen-bond donors (Lipinski definition) is 3. The molecule has 4 N–H and O–H groups in total. The molecule has 0 aromatic heterocycles. The number of nitrogens with two attached hydrogens (primary N) is 1. The standard InChI is InChI=1S/C7H11F2NO2.CH4N2/c1-10-4-7(8,9)3-2-5(10)6(11)12;2-1-3/h5H,2-4H2,1H3,(H,11,12);1H,(H3,2,3). The Labute approximate surface area is 86.4 Å². The van der Waals surface area contributed by atoms with Gasteiger partial charge in [0.05, 0.1) is 12.9 Å². The molecule has 1 heterocycles. The van der Waals surface area contributed by atoms with Crippen molar-refractivity contribution in [2.45, 2.75) is 24.8 Å². The fraction of sp³-hybridized carbons (Fsp3) is 0.750. The lowest BCUT2D eigenvalue weighted by Crippen LogP contribution is -2.49. The van der Waals surface area contributed by atoms with E-state index in [4.69, 9.17) is 10.5 Å². The lowest BCUT2D eigenvalue weighted by Gasteiger charge is -2.34. The minimum Gasteiger partial charge on any atom is -0.480 e. The van der Waals surface area contributed by atoms with Crippen LogP contribution in [0.5, 0.6) is 0 Å². The summed E-state index contributed by atoms with van der Waals surface area (Å²) in [5.41, 5.74) is 4.39. The third-order valence-corrected chi connectivity index (χ3v) is 2.08. The van der Waals surface area contributed by atoms with E-state index in [-0.39, 0.29) is 12.8 Å². The zero-order chi connectivity index (χ0) is 12.1. The van der Waals surface area contributed by atoms with Crippen molar-refractivity contribution in [3.05, 3.63) is 0 Å². The Morgan fingerprint density at radius 1 is 1.73 bits per heavy atom. The number of alkyl halides is 2. The van der Waals surface area contributed by atoms with Crippen LogP contribution in [-0.2, 0) is 4.79 Å². The molecule has 0 spiro atoms. The number of hydrogen-bond acceptors (Lipinski definition) is 3. The Hall–Kier alpha value is -1.24. The second-order valence-electron chi connectivity index (χ2n) is 3.33. The summed E-state index contributed by atoms with van der Waals surface area (Å²) < 4.78 is 25.3. The maximum absolute atomic E-state index is 12.7. The molecule has 5 nitrogen and oxygen atoms in total.